The topological polar surface area (TPSA) is 17.1 Å². The minimum absolute atomic E-state index is 0.367. The van der Waals surface area contributed by atoms with Crippen LogP contribution in [0.2, 0.25) is 0 Å². The van der Waals surface area contributed by atoms with Crippen LogP contribution in [-0.4, -0.2) is 5.78 Å². The van der Waals surface area contributed by atoms with E-state index in [1.165, 1.54) is 6.42 Å². The van der Waals surface area contributed by atoms with E-state index in [1.807, 2.05) is 6.08 Å². The van der Waals surface area contributed by atoms with E-state index in [-0.39, 0.29) is 0 Å². The molecule has 12 heavy (non-hydrogen) atoms. The minimum atomic E-state index is 0.367. The van der Waals surface area contributed by atoms with Gasteiger partial charge in [0, 0.05) is 12.3 Å². The Morgan fingerprint density at radius 1 is 1.58 bits per heavy atom. The number of hydrogen-bond acceptors (Lipinski definition) is 1. The maximum atomic E-state index is 11.5. The predicted molar refractivity (Wildman–Crippen MR) is 50.9 cm³/mol. The molecule has 0 radical (unpaired) electrons. The molecule has 0 aliphatic heterocycles. The normalized spacial score (nSPS) is 30.2. The third kappa shape index (κ3) is 2.20. The maximum absolute atomic E-state index is 11.5. The zero-order valence-corrected chi connectivity index (χ0v) is 7.88. The molecular formula is C11H18O. The van der Waals surface area contributed by atoms with Crippen molar-refractivity contribution in [1.82, 2.24) is 0 Å². The summed E-state index contributed by atoms with van der Waals surface area (Å²) >= 11 is 0. The average molecular weight is 166 g/mol. The lowest BCUT2D eigenvalue weighted by molar-refractivity contribution is -0.125. The number of Topliss-reactive ketones (excluding diaryl/α,β-unsaturated/α-hetero) is 1. The van der Waals surface area contributed by atoms with Crippen molar-refractivity contribution in [2.45, 2.75) is 39.0 Å². The molecule has 0 saturated heterocycles. The molecule has 0 amide bonds. The highest BCUT2D eigenvalue weighted by atomic mass is 16.1. The largest absolute Gasteiger partial charge is 0.299 e. The number of rotatable bonds is 3. The lowest BCUT2D eigenvalue weighted by Gasteiger charge is -2.24. The van der Waals surface area contributed by atoms with Gasteiger partial charge in [0.25, 0.3) is 0 Å². The van der Waals surface area contributed by atoms with Gasteiger partial charge in [-0.05, 0) is 25.2 Å². The van der Waals surface area contributed by atoms with Crippen LogP contribution in [0, 0.1) is 11.8 Å². The first kappa shape index (κ1) is 9.50. The molecular weight excluding hydrogens is 148 g/mol. The summed E-state index contributed by atoms with van der Waals surface area (Å²) in [5.74, 6) is 1.30. The molecule has 68 valence electrons. The van der Waals surface area contributed by atoms with Gasteiger partial charge >= 0.3 is 0 Å². The van der Waals surface area contributed by atoms with E-state index in [2.05, 4.69) is 13.5 Å². The van der Waals surface area contributed by atoms with Crippen molar-refractivity contribution in [2.75, 3.05) is 0 Å². The smallest absolute Gasteiger partial charge is 0.136 e. The zero-order chi connectivity index (χ0) is 8.97. The molecule has 0 aromatic heterocycles. The highest BCUT2D eigenvalue weighted by Gasteiger charge is 2.25. The van der Waals surface area contributed by atoms with E-state index >= 15 is 0 Å². The summed E-state index contributed by atoms with van der Waals surface area (Å²) in [4.78, 5) is 11.5. The van der Waals surface area contributed by atoms with Crippen molar-refractivity contribution in [3.63, 3.8) is 0 Å². The van der Waals surface area contributed by atoms with Crippen molar-refractivity contribution in [1.29, 1.82) is 0 Å². The monoisotopic (exact) mass is 166 g/mol. The van der Waals surface area contributed by atoms with Crippen molar-refractivity contribution in [3.05, 3.63) is 12.7 Å². The van der Waals surface area contributed by atoms with Crippen molar-refractivity contribution < 1.29 is 4.79 Å². The highest BCUT2D eigenvalue weighted by molar-refractivity contribution is 5.82. The summed E-state index contributed by atoms with van der Waals surface area (Å²) in [5.41, 5.74) is 0. The fraction of sp³-hybridized carbons (Fsp3) is 0.727. The second kappa shape index (κ2) is 4.44. The van der Waals surface area contributed by atoms with Gasteiger partial charge in [-0.1, -0.05) is 19.4 Å². The molecule has 2 unspecified atom stereocenters. The van der Waals surface area contributed by atoms with Gasteiger partial charge in [-0.25, -0.2) is 0 Å². The summed E-state index contributed by atoms with van der Waals surface area (Å²) in [6.07, 6.45) is 7.15. The van der Waals surface area contributed by atoms with Crippen LogP contribution in [0.3, 0.4) is 0 Å². The second-order valence-electron chi connectivity index (χ2n) is 3.73. The molecule has 0 N–H and O–H groups in total. The van der Waals surface area contributed by atoms with E-state index in [9.17, 15) is 4.79 Å². The Hall–Kier alpha value is -0.590. The van der Waals surface area contributed by atoms with E-state index < -0.39 is 0 Å². The number of ketones is 1. The van der Waals surface area contributed by atoms with Crippen LogP contribution in [0.1, 0.15) is 39.0 Å². The molecule has 0 bridgehead atoms. The van der Waals surface area contributed by atoms with Crippen LogP contribution in [0.25, 0.3) is 0 Å². The van der Waals surface area contributed by atoms with Gasteiger partial charge in [0.15, 0.2) is 0 Å². The molecule has 1 nitrogen and oxygen atoms in total. The van der Waals surface area contributed by atoms with Crippen LogP contribution in [0.15, 0.2) is 12.7 Å². The third-order valence-electron chi connectivity index (χ3n) is 2.78. The van der Waals surface area contributed by atoms with Gasteiger partial charge in [0.05, 0.1) is 0 Å². The second-order valence-corrected chi connectivity index (χ2v) is 3.73. The predicted octanol–water partition coefficient (Wildman–Crippen LogP) is 2.96. The Morgan fingerprint density at radius 3 is 2.83 bits per heavy atom. The molecule has 0 heterocycles. The molecule has 1 rings (SSSR count). The Morgan fingerprint density at radius 2 is 2.33 bits per heavy atom. The van der Waals surface area contributed by atoms with E-state index in [0.29, 0.717) is 17.6 Å². The summed E-state index contributed by atoms with van der Waals surface area (Å²) in [5, 5.41) is 0. The van der Waals surface area contributed by atoms with E-state index in [0.717, 1.165) is 25.7 Å². The van der Waals surface area contributed by atoms with E-state index in [4.69, 9.17) is 0 Å². The first-order chi connectivity index (χ1) is 5.77. The lowest BCUT2D eigenvalue weighted by atomic mass is 9.79. The van der Waals surface area contributed by atoms with E-state index in [1.54, 1.807) is 0 Å². The average Bonchev–Trinajstić information content (AvgIpc) is 2.09. The van der Waals surface area contributed by atoms with Crippen LogP contribution >= 0.6 is 0 Å². The molecule has 0 aromatic carbocycles. The molecule has 1 heteroatoms. The fourth-order valence-electron chi connectivity index (χ4n) is 1.96. The van der Waals surface area contributed by atoms with Crippen LogP contribution in [0.5, 0.6) is 0 Å². The van der Waals surface area contributed by atoms with Gasteiger partial charge in [-0.2, -0.15) is 0 Å². The Kier molecular flexibility index (Phi) is 3.51. The summed E-state index contributed by atoms with van der Waals surface area (Å²) in [6, 6.07) is 0. The van der Waals surface area contributed by atoms with Crippen LogP contribution in [-0.2, 0) is 4.79 Å². The van der Waals surface area contributed by atoms with Gasteiger partial charge in [0.2, 0.25) is 0 Å². The van der Waals surface area contributed by atoms with Crippen LogP contribution in [0.4, 0.5) is 0 Å². The standard InChI is InChI=1S/C11H18O/c1-3-5-10-7-6-9(4-2)8-11(10)12/h4,9-10H,2-3,5-8H2,1H3. The van der Waals surface area contributed by atoms with Gasteiger partial charge in [0.1, 0.15) is 5.78 Å². The Bertz CT molecular complexity index is 172. The molecule has 1 aliphatic rings. The van der Waals surface area contributed by atoms with Gasteiger partial charge < -0.3 is 0 Å². The third-order valence-corrected chi connectivity index (χ3v) is 2.78. The quantitative estimate of drug-likeness (QED) is 0.589. The van der Waals surface area contributed by atoms with Crippen molar-refractivity contribution in [3.8, 4) is 0 Å². The molecule has 1 fully saturated rings. The molecule has 0 spiro atoms. The SMILES string of the molecule is C=CC1CCC(CCC)C(=O)C1. The van der Waals surface area contributed by atoms with Crippen molar-refractivity contribution >= 4 is 5.78 Å². The molecule has 2 atom stereocenters. The lowest BCUT2D eigenvalue weighted by Crippen LogP contribution is -2.23. The number of hydrogen-bond donors (Lipinski definition) is 0. The number of carbonyl (C=O) groups is 1. The summed E-state index contributed by atoms with van der Waals surface area (Å²) in [7, 11) is 0. The Balaban J connectivity index is 2.42. The highest BCUT2D eigenvalue weighted by Crippen LogP contribution is 2.29. The Labute approximate surface area is 74.9 Å². The number of carbonyl (C=O) groups excluding carboxylic acids is 1. The zero-order valence-electron chi connectivity index (χ0n) is 7.88. The maximum Gasteiger partial charge on any atom is 0.136 e. The molecule has 1 aliphatic carbocycles. The van der Waals surface area contributed by atoms with Gasteiger partial charge in [-0.3, -0.25) is 4.79 Å². The minimum Gasteiger partial charge on any atom is -0.299 e. The fourth-order valence-corrected chi connectivity index (χ4v) is 1.96. The first-order valence-corrected chi connectivity index (χ1v) is 4.93. The van der Waals surface area contributed by atoms with Gasteiger partial charge in [-0.15, -0.1) is 6.58 Å². The summed E-state index contributed by atoms with van der Waals surface area (Å²) in [6.45, 7) is 5.88. The molecule has 1 saturated carbocycles. The van der Waals surface area contributed by atoms with Crippen LogP contribution < -0.4 is 0 Å². The number of allylic oxidation sites excluding steroid dienone is 1. The summed E-state index contributed by atoms with van der Waals surface area (Å²) < 4.78 is 0. The first-order valence-electron chi connectivity index (χ1n) is 4.93. The molecule has 0 aromatic rings. The van der Waals surface area contributed by atoms with Crippen molar-refractivity contribution in [2.24, 2.45) is 11.8 Å².